The standard InChI is InChI=1S/C17H20O4/c1-19-13-5-4-12(10-14(13)20-2)16-6-8-17(21-3,9-7-16)15(18)11-16/h4-6,8,10H,7,9,11H2,1-3H3. The van der Waals surface area contributed by atoms with Crippen LogP contribution in [0.2, 0.25) is 0 Å². The summed E-state index contributed by atoms with van der Waals surface area (Å²) in [5.41, 5.74) is 0.157. The Morgan fingerprint density at radius 2 is 1.76 bits per heavy atom. The van der Waals surface area contributed by atoms with E-state index in [0.717, 1.165) is 18.4 Å². The lowest BCUT2D eigenvalue weighted by atomic mass is 9.60. The molecule has 0 amide bonds. The van der Waals surface area contributed by atoms with Crippen LogP contribution in [0.3, 0.4) is 0 Å². The van der Waals surface area contributed by atoms with Crippen LogP contribution >= 0.6 is 0 Å². The van der Waals surface area contributed by atoms with Crippen LogP contribution in [0.15, 0.2) is 30.4 Å². The Morgan fingerprint density at radius 1 is 1.00 bits per heavy atom. The largest absolute Gasteiger partial charge is 0.493 e. The number of fused-ring (bicyclic) bond motifs is 2. The third-order valence-electron chi connectivity index (χ3n) is 4.88. The van der Waals surface area contributed by atoms with Crippen molar-refractivity contribution in [2.24, 2.45) is 0 Å². The SMILES string of the molecule is COc1ccc(C23C=CC(OC)(CC2)C(=O)C3)cc1OC. The quantitative estimate of drug-likeness (QED) is 0.799. The summed E-state index contributed by atoms with van der Waals surface area (Å²) in [5, 5.41) is 0. The van der Waals surface area contributed by atoms with E-state index in [2.05, 4.69) is 6.08 Å². The van der Waals surface area contributed by atoms with Gasteiger partial charge in [0.15, 0.2) is 17.3 Å². The van der Waals surface area contributed by atoms with Crippen molar-refractivity contribution in [3.63, 3.8) is 0 Å². The summed E-state index contributed by atoms with van der Waals surface area (Å²) in [7, 11) is 4.85. The molecule has 4 nitrogen and oxygen atoms in total. The fourth-order valence-electron chi connectivity index (χ4n) is 3.46. The van der Waals surface area contributed by atoms with Gasteiger partial charge in [0.2, 0.25) is 0 Å². The third-order valence-corrected chi connectivity index (χ3v) is 4.88. The Kier molecular flexibility index (Phi) is 3.29. The zero-order chi connectivity index (χ0) is 15.1. The zero-order valence-electron chi connectivity index (χ0n) is 12.6. The average molecular weight is 288 g/mol. The van der Waals surface area contributed by atoms with Gasteiger partial charge >= 0.3 is 0 Å². The van der Waals surface area contributed by atoms with Crippen LogP contribution in [-0.2, 0) is 14.9 Å². The number of rotatable bonds is 4. The van der Waals surface area contributed by atoms with Crippen LogP contribution in [0.4, 0.5) is 0 Å². The maximum atomic E-state index is 12.4. The molecule has 2 bridgehead atoms. The average Bonchev–Trinajstić information content (AvgIpc) is 2.55. The van der Waals surface area contributed by atoms with E-state index in [-0.39, 0.29) is 11.2 Å². The van der Waals surface area contributed by atoms with Crippen molar-refractivity contribution >= 4 is 5.78 Å². The molecule has 0 radical (unpaired) electrons. The summed E-state index contributed by atoms with van der Waals surface area (Å²) < 4.78 is 16.1. The van der Waals surface area contributed by atoms with E-state index in [4.69, 9.17) is 14.2 Å². The topological polar surface area (TPSA) is 44.8 Å². The molecule has 0 heterocycles. The van der Waals surface area contributed by atoms with Gasteiger partial charge in [-0.1, -0.05) is 12.1 Å². The summed E-state index contributed by atoms with van der Waals surface area (Å²) in [5.74, 6) is 1.55. The van der Waals surface area contributed by atoms with Gasteiger partial charge < -0.3 is 14.2 Å². The minimum atomic E-state index is -0.696. The second-order valence-electron chi connectivity index (χ2n) is 5.75. The maximum absolute atomic E-state index is 12.4. The van der Waals surface area contributed by atoms with Crippen molar-refractivity contribution in [2.45, 2.75) is 30.3 Å². The summed E-state index contributed by atoms with van der Waals surface area (Å²) in [6.45, 7) is 0. The molecule has 0 N–H and O–H groups in total. The number of hydrogen-bond acceptors (Lipinski definition) is 4. The zero-order valence-corrected chi connectivity index (χ0v) is 12.6. The Balaban J connectivity index is 2.04. The highest BCUT2D eigenvalue weighted by Crippen LogP contribution is 2.49. The van der Waals surface area contributed by atoms with Crippen molar-refractivity contribution in [3.05, 3.63) is 35.9 Å². The molecule has 3 aliphatic rings. The molecule has 4 heteroatoms. The summed E-state index contributed by atoms with van der Waals surface area (Å²) in [4.78, 5) is 12.4. The number of ketones is 1. The van der Waals surface area contributed by atoms with Gasteiger partial charge in [-0.15, -0.1) is 0 Å². The number of ether oxygens (including phenoxy) is 3. The Labute approximate surface area is 124 Å². The monoisotopic (exact) mass is 288 g/mol. The molecule has 0 saturated heterocycles. The van der Waals surface area contributed by atoms with Gasteiger partial charge in [0, 0.05) is 18.9 Å². The van der Waals surface area contributed by atoms with Crippen molar-refractivity contribution < 1.29 is 19.0 Å². The molecule has 4 rings (SSSR count). The molecule has 2 atom stereocenters. The lowest BCUT2D eigenvalue weighted by molar-refractivity contribution is -0.142. The highest BCUT2D eigenvalue weighted by Gasteiger charge is 2.51. The number of Topliss-reactive ketones (excluding diaryl/α,β-unsaturated/α-hetero) is 1. The number of carbonyl (C=O) groups excluding carboxylic acids is 1. The smallest absolute Gasteiger partial charge is 0.169 e. The van der Waals surface area contributed by atoms with Gasteiger partial charge in [-0.3, -0.25) is 4.79 Å². The van der Waals surface area contributed by atoms with Crippen LogP contribution in [-0.4, -0.2) is 32.7 Å². The van der Waals surface area contributed by atoms with Gasteiger partial charge in [-0.2, -0.15) is 0 Å². The van der Waals surface area contributed by atoms with E-state index in [1.807, 2.05) is 24.3 Å². The van der Waals surface area contributed by atoms with E-state index >= 15 is 0 Å². The molecule has 112 valence electrons. The third kappa shape index (κ3) is 1.97. The molecule has 1 fully saturated rings. The van der Waals surface area contributed by atoms with Crippen LogP contribution in [0.25, 0.3) is 0 Å². The first-order chi connectivity index (χ1) is 10.1. The van der Waals surface area contributed by atoms with Crippen LogP contribution in [0.1, 0.15) is 24.8 Å². The minimum Gasteiger partial charge on any atom is -0.493 e. The highest BCUT2D eigenvalue weighted by atomic mass is 16.5. The second-order valence-corrected chi connectivity index (χ2v) is 5.75. The van der Waals surface area contributed by atoms with Gasteiger partial charge in [0.05, 0.1) is 14.2 Å². The molecule has 2 unspecified atom stereocenters. The lowest BCUT2D eigenvalue weighted by Gasteiger charge is -2.47. The fourth-order valence-corrected chi connectivity index (χ4v) is 3.46. The molecule has 0 aromatic heterocycles. The number of carbonyl (C=O) groups is 1. The van der Waals surface area contributed by atoms with Gasteiger partial charge in [-0.05, 0) is 36.6 Å². The number of hydrogen-bond donors (Lipinski definition) is 0. The van der Waals surface area contributed by atoms with Crippen LogP contribution in [0.5, 0.6) is 11.5 Å². The first-order valence-corrected chi connectivity index (χ1v) is 7.10. The molecule has 3 aliphatic carbocycles. The van der Waals surface area contributed by atoms with E-state index in [1.165, 1.54) is 0 Å². The molecule has 0 aliphatic heterocycles. The van der Waals surface area contributed by atoms with E-state index in [9.17, 15) is 4.79 Å². The van der Waals surface area contributed by atoms with E-state index < -0.39 is 5.60 Å². The van der Waals surface area contributed by atoms with Crippen LogP contribution in [0, 0.1) is 0 Å². The lowest BCUT2D eigenvalue weighted by Crippen LogP contribution is -2.52. The van der Waals surface area contributed by atoms with Crippen molar-refractivity contribution in [3.8, 4) is 11.5 Å². The van der Waals surface area contributed by atoms with Crippen molar-refractivity contribution in [1.29, 1.82) is 0 Å². The molecule has 0 spiro atoms. The van der Waals surface area contributed by atoms with Gasteiger partial charge in [0.25, 0.3) is 0 Å². The van der Waals surface area contributed by atoms with E-state index in [0.29, 0.717) is 17.9 Å². The fraction of sp³-hybridized carbons (Fsp3) is 0.471. The minimum absolute atomic E-state index is 0.161. The summed E-state index contributed by atoms with van der Waals surface area (Å²) in [6, 6.07) is 5.89. The number of methoxy groups -OCH3 is 3. The van der Waals surface area contributed by atoms with Crippen molar-refractivity contribution in [2.75, 3.05) is 21.3 Å². The predicted octanol–water partition coefficient (Wildman–Crippen LogP) is 2.65. The maximum Gasteiger partial charge on any atom is 0.169 e. The number of allylic oxidation sites excluding steroid dienone is 1. The van der Waals surface area contributed by atoms with Gasteiger partial charge in [-0.25, -0.2) is 0 Å². The molecule has 1 aromatic rings. The molecule has 21 heavy (non-hydrogen) atoms. The Bertz CT molecular complexity index is 607. The Morgan fingerprint density at radius 3 is 2.29 bits per heavy atom. The highest BCUT2D eigenvalue weighted by molar-refractivity contribution is 5.93. The second kappa shape index (κ2) is 4.88. The first-order valence-electron chi connectivity index (χ1n) is 7.10. The molecular weight excluding hydrogens is 268 g/mol. The molecular formula is C17H20O4. The van der Waals surface area contributed by atoms with E-state index in [1.54, 1.807) is 21.3 Å². The first kappa shape index (κ1) is 14.1. The molecule has 1 aromatic carbocycles. The normalized spacial score (nSPS) is 30.5. The summed E-state index contributed by atoms with van der Waals surface area (Å²) >= 11 is 0. The summed E-state index contributed by atoms with van der Waals surface area (Å²) in [6.07, 6.45) is 6.17. The number of benzene rings is 1. The predicted molar refractivity (Wildman–Crippen MR) is 79.0 cm³/mol. The van der Waals surface area contributed by atoms with Gasteiger partial charge in [0.1, 0.15) is 5.60 Å². The van der Waals surface area contributed by atoms with Crippen molar-refractivity contribution in [1.82, 2.24) is 0 Å². The van der Waals surface area contributed by atoms with Crippen LogP contribution < -0.4 is 9.47 Å². The molecule has 1 saturated carbocycles. The Hall–Kier alpha value is -1.81.